The highest BCUT2D eigenvalue weighted by Gasteiger charge is 2.38. The Labute approximate surface area is 107 Å². The minimum Gasteiger partial charge on any atom is -0.346 e. The van der Waals surface area contributed by atoms with Gasteiger partial charge in [-0.1, -0.05) is 31.0 Å². The van der Waals surface area contributed by atoms with Crippen LogP contribution in [0.2, 0.25) is 0 Å². The SMILES string of the molecule is NCCC(=O)NC1(c2ccccc2F)CCCC1. The van der Waals surface area contributed by atoms with Gasteiger partial charge in [0.05, 0.1) is 5.54 Å². The van der Waals surface area contributed by atoms with Crippen LogP contribution in [-0.4, -0.2) is 12.5 Å². The van der Waals surface area contributed by atoms with Gasteiger partial charge in [-0.05, 0) is 18.9 Å². The lowest BCUT2D eigenvalue weighted by atomic mass is 9.87. The summed E-state index contributed by atoms with van der Waals surface area (Å²) in [4.78, 5) is 11.8. The van der Waals surface area contributed by atoms with Crippen LogP contribution in [0.1, 0.15) is 37.7 Å². The summed E-state index contributed by atoms with van der Waals surface area (Å²) >= 11 is 0. The van der Waals surface area contributed by atoms with E-state index >= 15 is 0 Å². The average molecular weight is 250 g/mol. The average Bonchev–Trinajstić information content (AvgIpc) is 2.79. The van der Waals surface area contributed by atoms with Gasteiger partial charge in [0.2, 0.25) is 5.91 Å². The third kappa shape index (κ3) is 2.53. The topological polar surface area (TPSA) is 55.1 Å². The van der Waals surface area contributed by atoms with Crippen molar-refractivity contribution in [2.45, 2.75) is 37.6 Å². The van der Waals surface area contributed by atoms with Gasteiger partial charge in [-0.2, -0.15) is 0 Å². The number of rotatable bonds is 4. The second-order valence-corrected chi connectivity index (χ2v) is 4.86. The van der Waals surface area contributed by atoms with Crippen molar-refractivity contribution < 1.29 is 9.18 Å². The van der Waals surface area contributed by atoms with Crippen LogP contribution < -0.4 is 11.1 Å². The van der Waals surface area contributed by atoms with E-state index in [0.29, 0.717) is 12.1 Å². The highest BCUT2D eigenvalue weighted by molar-refractivity contribution is 5.77. The molecule has 0 unspecified atom stereocenters. The molecule has 18 heavy (non-hydrogen) atoms. The molecule has 1 aromatic rings. The van der Waals surface area contributed by atoms with Crippen molar-refractivity contribution in [2.24, 2.45) is 5.73 Å². The van der Waals surface area contributed by atoms with Gasteiger partial charge in [0.1, 0.15) is 5.82 Å². The number of hydrogen-bond donors (Lipinski definition) is 2. The van der Waals surface area contributed by atoms with E-state index in [-0.39, 0.29) is 18.1 Å². The highest BCUT2D eigenvalue weighted by atomic mass is 19.1. The van der Waals surface area contributed by atoms with Crippen LogP contribution in [0.25, 0.3) is 0 Å². The molecule has 4 heteroatoms. The van der Waals surface area contributed by atoms with Gasteiger partial charge in [-0.15, -0.1) is 0 Å². The van der Waals surface area contributed by atoms with Crippen LogP contribution >= 0.6 is 0 Å². The number of carbonyl (C=O) groups is 1. The molecule has 1 amide bonds. The Balaban J connectivity index is 2.27. The summed E-state index contributed by atoms with van der Waals surface area (Å²) in [5, 5.41) is 2.99. The number of carbonyl (C=O) groups excluding carboxylic acids is 1. The van der Waals surface area contributed by atoms with E-state index in [1.165, 1.54) is 6.07 Å². The summed E-state index contributed by atoms with van der Waals surface area (Å²) in [6, 6.07) is 6.70. The monoisotopic (exact) mass is 250 g/mol. The normalized spacial score (nSPS) is 17.7. The molecule has 1 aliphatic carbocycles. The van der Waals surface area contributed by atoms with Gasteiger partial charge in [0, 0.05) is 18.5 Å². The predicted molar refractivity (Wildman–Crippen MR) is 68.4 cm³/mol. The number of hydrogen-bond acceptors (Lipinski definition) is 2. The van der Waals surface area contributed by atoms with Gasteiger partial charge >= 0.3 is 0 Å². The second kappa shape index (κ2) is 5.48. The maximum Gasteiger partial charge on any atom is 0.221 e. The molecule has 0 atom stereocenters. The number of benzene rings is 1. The Bertz CT molecular complexity index is 428. The molecular formula is C14H19FN2O. The Hall–Kier alpha value is -1.42. The summed E-state index contributed by atoms with van der Waals surface area (Å²) in [5.74, 6) is -0.338. The first-order chi connectivity index (χ1) is 8.68. The van der Waals surface area contributed by atoms with Crippen molar-refractivity contribution in [2.75, 3.05) is 6.54 Å². The number of halogens is 1. The zero-order valence-corrected chi connectivity index (χ0v) is 10.4. The highest BCUT2D eigenvalue weighted by Crippen LogP contribution is 2.39. The van der Waals surface area contributed by atoms with Crippen molar-refractivity contribution in [3.8, 4) is 0 Å². The van der Waals surface area contributed by atoms with Crippen LogP contribution in [-0.2, 0) is 10.3 Å². The molecule has 0 aliphatic heterocycles. The molecule has 1 saturated carbocycles. The quantitative estimate of drug-likeness (QED) is 0.859. The molecule has 0 heterocycles. The van der Waals surface area contributed by atoms with Crippen molar-refractivity contribution in [3.63, 3.8) is 0 Å². The van der Waals surface area contributed by atoms with Gasteiger partial charge in [-0.25, -0.2) is 4.39 Å². The molecule has 2 rings (SSSR count). The fourth-order valence-electron chi connectivity index (χ4n) is 2.75. The first-order valence-corrected chi connectivity index (χ1v) is 6.44. The minimum absolute atomic E-state index is 0.0948. The second-order valence-electron chi connectivity index (χ2n) is 4.86. The summed E-state index contributed by atoms with van der Waals surface area (Å²) in [7, 11) is 0. The first kappa shape index (κ1) is 13.0. The Morgan fingerprint density at radius 1 is 1.33 bits per heavy atom. The fourth-order valence-corrected chi connectivity index (χ4v) is 2.75. The first-order valence-electron chi connectivity index (χ1n) is 6.44. The number of nitrogens with two attached hydrogens (primary N) is 1. The van der Waals surface area contributed by atoms with E-state index < -0.39 is 5.54 Å². The molecular weight excluding hydrogens is 231 g/mol. The largest absolute Gasteiger partial charge is 0.346 e. The molecule has 3 nitrogen and oxygen atoms in total. The zero-order chi connectivity index (χ0) is 13.0. The van der Waals surface area contributed by atoms with E-state index in [0.717, 1.165) is 25.7 Å². The van der Waals surface area contributed by atoms with Crippen LogP contribution in [0.15, 0.2) is 24.3 Å². The Morgan fingerprint density at radius 2 is 2.00 bits per heavy atom. The van der Waals surface area contributed by atoms with Gasteiger partial charge in [0.15, 0.2) is 0 Å². The van der Waals surface area contributed by atoms with Crippen LogP contribution in [0, 0.1) is 5.82 Å². The van der Waals surface area contributed by atoms with Crippen molar-refractivity contribution in [1.29, 1.82) is 0 Å². The van der Waals surface area contributed by atoms with Crippen molar-refractivity contribution in [3.05, 3.63) is 35.6 Å². The summed E-state index contributed by atoms with van der Waals surface area (Å²) in [6.45, 7) is 0.319. The molecule has 1 fully saturated rings. The third-order valence-electron chi connectivity index (χ3n) is 3.60. The summed E-state index contributed by atoms with van der Waals surface area (Å²) < 4.78 is 13.9. The zero-order valence-electron chi connectivity index (χ0n) is 10.4. The number of nitrogens with one attached hydrogen (secondary N) is 1. The van der Waals surface area contributed by atoms with Crippen LogP contribution in [0.4, 0.5) is 4.39 Å². The van der Waals surface area contributed by atoms with E-state index in [4.69, 9.17) is 5.73 Å². The van der Waals surface area contributed by atoms with Gasteiger partial charge in [-0.3, -0.25) is 4.79 Å². The maximum absolute atomic E-state index is 13.9. The Morgan fingerprint density at radius 3 is 2.61 bits per heavy atom. The maximum atomic E-state index is 13.9. The molecule has 0 radical (unpaired) electrons. The van der Waals surface area contributed by atoms with Gasteiger partial charge in [0.25, 0.3) is 0 Å². The third-order valence-corrected chi connectivity index (χ3v) is 3.60. The van der Waals surface area contributed by atoms with Crippen LogP contribution in [0.3, 0.4) is 0 Å². The van der Waals surface area contributed by atoms with E-state index in [2.05, 4.69) is 5.32 Å². The summed E-state index contributed by atoms with van der Waals surface area (Å²) in [5.41, 5.74) is 5.45. The van der Waals surface area contributed by atoms with Gasteiger partial charge < -0.3 is 11.1 Å². The lowest BCUT2D eigenvalue weighted by Crippen LogP contribution is -2.44. The smallest absolute Gasteiger partial charge is 0.221 e. The minimum atomic E-state index is -0.530. The molecule has 98 valence electrons. The molecule has 1 aliphatic rings. The fraction of sp³-hybridized carbons (Fsp3) is 0.500. The van der Waals surface area contributed by atoms with Crippen LogP contribution in [0.5, 0.6) is 0 Å². The summed E-state index contributed by atoms with van der Waals surface area (Å²) in [6.07, 6.45) is 3.90. The molecule has 0 bridgehead atoms. The Kier molecular flexibility index (Phi) is 3.97. The van der Waals surface area contributed by atoms with Crippen molar-refractivity contribution >= 4 is 5.91 Å². The van der Waals surface area contributed by atoms with Crippen molar-refractivity contribution in [1.82, 2.24) is 5.32 Å². The standard InChI is InChI=1S/C14H19FN2O/c15-12-6-2-1-5-11(12)14(8-3-4-9-14)17-13(18)7-10-16/h1-2,5-6H,3-4,7-10,16H2,(H,17,18). The van der Waals surface area contributed by atoms with E-state index in [1.807, 2.05) is 6.07 Å². The lowest BCUT2D eigenvalue weighted by molar-refractivity contribution is -0.123. The molecule has 0 spiro atoms. The predicted octanol–water partition coefficient (Wildman–Crippen LogP) is 2.06. The lowest BCUT2D eigenvalue weighted by Gasteiger charge is -2.31. The number of amides is 1. The molecule has 1 aromatic carbocycles. The van der Waals surface area contributed by atoms with E-state index in [1.54, 1.807) is 12.1 Å². The molecule has 0 aromatic heterocycles. The van der Waals surface area contributed by atoms with E-state index in [9.17, 15) is 9.18 Å². The molecule has 3 N–H and O–H groups in total. The molecule has 0 saturated heterocycles.